The first-order chi connectivity index (χ1) is 9.30. The number of rotatable bonds is 8. The smallest absolute Gasteiger partial charge is 0.303 e. The molecule has 20 heavy (non-hydrogen) atoms. The van der Waals surface area contributed by atoms with Gasteiger partial charge in [0.2, 0.25) is 10.0 Å². The summed E-state index contributed by atoms with van der Waals surface area (Å²) in [5, 5.41) is 13.4. The van der Waals surface area contributed by atoms with Crippen LogP contribution in [0.25, 0.3) is 0 Å². The highest BCUT2D eigenvalue weighted by Crippen LogP contribution is 2.23. The van der Waals surface area contributed by atoms with Crippen LogP contribution in [0.3, 0.4) is 0 Å². The van der Waals surface area contributed by atoms with Gasteiger partial charge >= 0.3 is 5.97 Å². The fourth-order valence-corrected chi connectivity index (χ4v) is 2.24. The van der Waals surface area contributed by atoms with Crippen LogP contribution in [-0.4, -0.2) is 26.1 Å². The van der Waals surface area contributed by atoms with Crippen molar-refractivity contribution in [1.82, 2.24) is 0 Å². The molecule has 0 amide bonds. The first-order valence-electron chi connectivity index (χ1n) is 5.97. The lowest BCUT2D eigenvalue weighted by Crippen LogP contribution is -2.14. The predicted octanol–water partition coefficient (Wildman–Crippen LogP) is 1.50. The van der Waals surface area contributed by atoms with E-state index in [1.807, 2.05) is 0 Å². The minimum Gasteiger partial charge on any atom is -0.492 e. The molecule has 0 aromatic heterocycles. The number of carboxylic acid groups (broad SMARTS) is 1. The maximum Gasteiger partial charge on any atom is 0.303 e. The number of aliphatic carboxylic acids is 1. The summed E-state index contributed by atoms with van der Waals surface area (Å²) in [7, 11) is -4.06. The molecule has 6 nitrogen and oxygen atoms in total. The Morgan fingerprint density at radius 3 is 2.60 bits per heavy atom. The molecule has 1 rings (SSSR count). The number of benzene rings is 1. The molecule has 0 saturated heterocycles. The normalized spacial score (nSPS) is 11.3. The predicted molar refractivity (Wildman–Crippen MR) is 69.4 cm³/mol. The van der Waals surface area contributed by atoms with Crippen molar-refractivity contribution in [2.24, 2.45) is 5.14 Å². The molecule has 0 fully saturated rings. The van der Waals surface area contributed by atoms with E-state index in [0.717, 1.165) is 12.1 Å². The Morgan fingerprint density at radius 2 is 2.00 bits per heavy atom. The van der Waals surface area contributed by atoms with Crippen molar-refractivity contribution in [2.45, 2.75) is 30.6 Å². The van der Waals surface area contributed by atoms with Crippen LogP contribution in [0.15, 0.2) is 23.1 Å². The summed E-state index contributed by atoms with van der Waals surface area (Å²) < 4.78 is 40.8. The van der Waals surface area contributed by atoms with E-state index >= 15 is 0 Å². The Morgan fingerprint density at radius 1 is 1.30 bits per heavy atom. The summed E-state index contributed by atoms with van der Waals surface area (Å²) in [6.45, 7) is 0.202. The second-order valence-corrected chi connectivity index (χ2v) is 5.72. The second-order valence-electron chi connectivity index (χ2n) is 4.19. The van der Waals surface area contributed by atoms with Crippen molar-refractivity contribution in [1.29, 1.82) is 0 Å². The molecule has 0 bridgehead atoms. The number of hydrogen-bond donors (Lipinski definition) is 2. The molecule has 3 N–H and O–H groups in total. The molecule has 0 aliphatic carbocycles. The van der Waals surface area contributed by atoms with E-state index in [2.05, 4.69) is 0 Å². The summed E-state index contributed by atoms with van der Waals surface area (Å²) >= 11 is 0. The average molecular weight is 305 g/mol. The highest BCUT2D eigenvalue weighted by Gasteiger charge is 2.16. The maximum absolute atomic E-state index is 13.0. The van der Waals surface area contributed by atoms with Crippen LogP contribution >= 0.6 is 0 Å². The van der Waals surface area contributed by atoms with Gasteiger partial charge in [-0.2, -0.15) is 0 Å². The van der Waals surface area contributed by atoms with Gasteiger partial charge in [-0.15, -0.1) is 0 Å². The third-order valence-corrected chi connectivity index (χ3v) is 3.44. The minimum atomic E-state index is -4.06. The van der Waals surface area contributed by atoms with Gasteiger partial charge in [-0.3, -0.25) is 4.79 Å². The minimum absolute atomic E-state index is 0.00728. The van der Waals surface area contributed by atoms with E-state index in [4.69, 9.17) is 15.0 Å². The van der Waals surface area contributed by atoms with Crippen molar-refractivity contribution in [3.63, 3.8) is 0 Å². The summed E-state index contributed by atoms with van der Waals surface area (Å²) in [6.07, 6.45) is 1.80. The highest BCUT2D eigenvalue weighted by atomic mass is 32.2. The summed E-state index contributed by atoms with van der Waals surface area (Å²) in [6, 6.07) is 3.08. The van der Waals surface area contributed by atoms with Crippen LogP contribution in [-0.2, 0) is 14.8 Å². The first-order valence-corrected chi connectivity index (χ1v) is 7.52. The topological polar surface area (TPSA) is 107 Å². The van der Waals surface area contributed by atoms with Crippen molar-refractivity contribution < 1.29 is 27.4 Å². The van der Waals surface area contributed by atoms with E-state index in [9.17, 15) is 17.6 Å². The van der Waals surface area contributed by atoms with Crippen LogP contribution in [0.5, 0.6) is 5.75 Å². The molecule has 1 aromatic rings. The van der Waals surface area contributed by atoms with Crippen LogP contribution in [0, 0.1) is 5.82 Å². The summed E-state index contributed by atoms with van der Waals surface area (Å²) in [4.78, 5) is 9.89. The Balaban J connectivity index is 2.54. The van der Waals surface area contributed by atoms with Gasteiger partial charge < -0.3 is 9.84 Å². The zero-order valence-corrected chi connectivity index (χ0v) is 11.5. The molecule has 0 aliphatic heterocycles. The molecule has 0 spiro atoms. The number of sulfonamides is 1. The fourth-order valence-electron chi connectivity index (χ4n) is 1.56. The molecular formula is C12H16FNO5S. The van der Waals surface area contributed by atoms with Crippen LogP contribution < -0.4 is 9.88 Å². The van der Waals surface area contributed by atoms with Gasteiger partial charge in [0.1, 0.15) is 16.5 Å². The summed E-state index contributed by atoms with van der Waals surface area (Å²) in [5.74, 6) is -1.59. The third kappa shape index (κ3) is 5.54. The molecule has 1 aromatic carbocycles. The van der Waals surface area contributed by atoms with Gasteiger partial charge in [0.05, 0.1) is 6.61 Å². The quantitative estimate of drug-likeness (QED) is 0.708. The lowest BCUT2D eigenvalue weighted by Gasteiger charge is -2.10. The molecule has 8 heteroatoms. The van der Waals surface area contributed by atoms with Crippen LogP contribution in [0.2, 0.25) is 0 Å². The van der Waals surface area contributed by atoms with Crippen molar-refractivity contribution >= 4 is 16.0 Å². The van der Waals surface area contributed by atoms with Gasteiger partial charge in [-0.1, -0.05) is 0 Å². The molecule has 0 atom stereocenters. The van der Waals surface area contributed by atoms with E-state index in [1.165, 1.54) is 6.07 Å². The Labute approximate surface area is 116 Å². The zero-order valence-electron chi connectivity index (χ0n) is 10.7. The van der Waals surface area contributed by atoms with Crippen molar-refractivity contribution in [3.8, 4) is 5.75 Å². The SMILES string of the molecule is NS(=O)(=O)c1cc(F)ccc1OCCCCCC(=O)O. The third-order valence-electron chi connectivity index (χ3n) is 2.50. The number of unbranched alkanes of at least 4 members (excludes halogenated alkanes) is 2. The monoisotopic (exact) mass is 305 g/mol. The number of carbonyl (C=O) groups is 1. The van der Waals surface area contributed by atoms with E-state index in [-0.39, 0.29) is 18.8 Å². The fraction of sp³-hybridized carbons (Fsp3) is 0.417. The van der Waals surface area contributed by atoms with E-state index in [1.54, 1.807) is 0 Å². The number of halogens is 1. The number of hydrogen-bond acceptors (Lipinski definition) is 4. The molecular weight excluding hydrogens is 289 g/mol. The zero-order chi connectivity index (χ0) is 15.2. The Hall–Kier alpha value is -1.67. The lowest BCUT2D eigenvalue weighted by atomic mass is 10.2. The van der Waals surface area contributed by atoms with Gasteiger partial charge in [0.15, 0.2) is 0 Å². The molecule has 0 aliphatic rings. The number of carboxylic acids is 1. The van der Waals surface area contributed by atoms with E-state index in [0.29, 0.717) is 19.3 Å². The second kappa shape index (κ2) is 7.20. The van der Waals surface area contributed by atoms with Gasteiger partial charge in [-0.05, 0) is 37.5 Å². The number of ether oxygens (including phenoxy) is 1. The van der Waals surface area contributed by atoms with Crippen molar-refractivity contribution in [2.75, 3.05) is 6.61 Å². The standard InChI is InChI=1S/C12H16FNO5S/c13-9-5-6-10(11(8-9)20(14,17)18)19-7-3-1-2-4-12(15)16/h5-6,8H,1-4,7H2,(H,15,16)(H2,14,17,18). The van der Waals surface area contributed by atoms with Crippen LogP contribution in [0.4, 0.5) is 4.39 Å². The van der Waals surface area contributed by atoms with Gasteiger partial charge in [0.25, 0.3) is 0 Å². The number of primary sulfonamides is 1. The highest BCUT2D eigenvalue weighted by molar-refractivity contribution is 7.89. The summed E-state index contributed by atoms with van der Waals surface area (Å²) in [5.41, 5.74) is 0. The molecule has 0 radical (unpaired) electrons. The molecule has 0 heterocycles. The van der Waals surface area contributed by atoms with Crippen LogP contribution in [0.1, 0.15) is 25.7 Å². The van der Waals surface area contributed by atoms with Gasteiger partial charge in [0, 0.05) is 6.42 Å². The van der Waals surface area contributed by atoms with Crippen molar-refractivity contribution in [3.05, 3.63) is 24.0 Å². The molecule has 0 saturated carbocycles. The van der Waals surface area contributed by atoms with E-state index < -0.39 is 26.7 Å². The maximum atomic E-state index is 13.0. The lowest BCUT2D eigenvalue weighted by molar-refractivity contribution is -0.137. The first kappa shape index (κ1) is 16.4. The molecule has 0 unspecified atom stereocenters. The Kier molecular flexibility index (Phi) is 5.90. The molecule has 112 valence electrons. The number of nitrogens with two attached hydrogens (primary N) is 1. The van der Waals surface area contributed by atoms with Gasteiger partial charge in [-0.25, -0.2) is 17.9 Å². The Bertz CT molecular complexity index is 573. The largest absolute Gasteiger partial charge is 0.492 e. The average Bonchev–Trinajstić information content (AvgIpc) is 2.33.